The number of carbonyl (C=O) groups excluding carboxylic acids is 1. The molecule has 1 amide bonds. The molecule has 0 aliphatic rings. The lowest BCUT2D eigenvalue weighted by molar-refractivity contribution is 0.0753. The monoisotopic (exact) mass is 302 g/mol. The van der Waals surface area contributed by atoms with Crippen LogP contribution in [0, 0.1) is 6.92 Å². The lowest BCUT2D eigenvalue weighted by Crippen LogP contribution is -2.31. The Morgan fingerprint density at radius 3 is 2.57 bits per heavy atom. The molecule has 2 aromatic carbocycles. The van der Waals surface area contributed by atoms with Crippen LogP contribution in [0.4, 0.5) is 5.69 Å². The van der Waals surface area contributed by atoms with E-state index in [1.165, 1.54) is 0 Å². The Bertz CT molecular complexity index is 635. The molecule has 0 radical (unpaired) electrons. The van der Waals surface area contributed by atoms with E-state index in [2.05, 4.69) is 0 Å². The molecule has 0 saturated heterocycles. The second-order valence-electron chi connectivity index (χ2n) is 4.99. The number of hydrogen-bond acceptors (Lipinski definition) is 2. The summed E-state index contributed by atoms with van der Waals surface area (Å²) in [7, 11) is 0. The van der Waals surface area contributed by atoms with Crippen LogP contribution < -0.4 is 5.73 Å². The van der Waals surface area contributed by atoms with Crippen molar-refractivity contribution >= 4 is 23.2 Å². The van der Waals surface area contributed by atoms with Crippen molar-refractivity contribution in [3.63, 3.8) is 0 Å². The summed E-state index contributed by atoms with van der Waals surface area (Å²) >= 11 is 6.00. The fourth-order valence-electron chi connectivity index (χ4n) is 2.32. The largest absolute Gasteiger partial charge is 0.398 e. The summed E-state index contributed by atoms with van der Waals surface area (Å²) in [6, 6.07) is 13.1. The summed E-state index contributed by atoms with van der Waals surface area (Å²) in [5.74, 6) is -0.0481. The summed E-state index contributed by atoms with van der Waals surface area (Å²) in [5.41, 5.74) is 8.96. The molecule has 110 valence electrons. The topological polar surface area (TPSA) is 46.3 Å². The number of nitrogens with two attached hydrogens (primary N) is 1. The van der Waals surface area contributed by atoms with Crippen LogP contribution >= 0.6 is 11.6 Å². The van der Waals surface area contributed by atoms with Crippen molar-refractivity contribution in [1.29, 1.82) is 0 Å². The minimum Gasteiger partial charge on any atom is -0.398 e. The predicted molar refractivity (Wildman–Crippen MR) is 87.5 cm³/mol. The molecular weight excluding hydrogens is 284 g/mol. The molecule has 0 saturated carbocycles. The zero-order chi connectivity index (χ0) is 15.4. The molecule has 2 N–H and O–H groups in total. The highest BCUT2D eigenvalue weighted by Crippen LogP contribution is 2.20. The molecule has 21 heavy (non-hydrogen) atoms. The van der Waals surface area contributed by atoms with Crippen LogP contribution in [-0.4, -0.2) is 17.4 Å². The number of benzene rings is 2. The van der Waals surface area contributed by atoms with E-state index in [0.717, 1.165) is 11.1 Å². The van der Waals surface area contributed by atoms with Crippen molar-refractivity contribution in [2.45, 2.75) is 20.4 Å². The van der Waals surface area contributed by atoms with E-state index in [4.69, 9.17) is 17.3 Å². The zero-order valence-corrected chi connectivity index (χ0v) is 13.0. The van der Waals surface area contributed by atoms with Gasteiger partial charge in [0.15, 0.2) is 0 Å². The maximum Gasteiger partial charge on any atom is 0.256 e. The molecule has 4 heteroatoms. The molecule has 0 fully saturated rings. The fraction of sp³-hybridized carbons (Fsp3) is 0.235. The van der Waals surface area contributed by atoms with Gasteiger partial charge in [-0.2, -0.15) is 0 Å². The molecule has 0 aliphatic carbocycles. The van der Waals surface area contributed by atoms with Gasteiger partial charge < -0.3 is 10.6 Å². The van der Waals surface area contributed by atoms with Crippen LogP contribution in [0.1, 0.15) is 28.4 Å². The number of anilines is 1. The number of nitrogen functional groups attached to an aromatic ring is 1. The molecule has 0 heterocycles. The van der Waals surface area contributed by atoms with E-state index < -0.39 is 0 Å². The van der Waals surface area contributed by atoms with Crippen molar-refractivity contribution < 1.29 is 4.79 Å². The average molecular weight is 303 g/mol. The van der Waals surface area contributed by atoms with E-state index in [1.807, 2.05) is 50.2 Å². The van der Waals surface area contributed by atoms with Gasteiger partial charge >= 0.3 is 0 Å². The first-order valence-electron chi connectivity index (χ1n) is 6.91. The van der Waals surface area contributed by atoms with Crippen molar-refractivity contribution in [2.75, 3.05) is 12.3 Å². The standard InChI is InChI=1S/C17H19ClN2O/c1-3-20(11-13-7-5-8-14(18)10-13)17(21)16-12(2)6-4-9-15(16)19/h4-10H,3,11,19H2,1-2H3. The maximum atomic E-state index is 12.7. The van der Waals surface area contributed by atoms with Crippen LogP contribution in [0.3, 0.4) is 0 Å². The third-order valence-corrected chi connectivity index (χ3v) is 3.69. The Balaban J connectivity index is 2.27. The Morgan fingerprint density at radius 2 is 1.95 bits per heavy atom. The fourth-order valence-corrected chi connectivity index (χ4v) is 2.54. The van der Waals surface area contributed by atoms with E-state index in [-0.39, 0.29) is 5.91 Å². The first-order chi connectivity index (χ1) is 10.0. The predicted octanol–water partition coefficient (Wildman–Crippen LogP) is 3.89. The van der Waals surface area contributed by atoms with E-state index in [0.29, 0.717) is 29.4 Å². The van der Waals surface area contributed by atoms with Gasteiger partial charge in [0.1, 0.15) is 0 Å². The van der Waals surface area contributed by atoms with Crippen LogP contribution in [0.25, 0.3) is 0 Å². The van der Waals surface area contributed by atoms with Crippen LogP contribution in [0.15, 0.2) is 42.5 Å². The van der Waals surface area contributed by atoms with Crippen LogP contribution in [-0.2, 0) is 6.54 Å². The minimum atomic E-state index is -0.0481. The Hall–Kier alpha value is -2.00. The molecule has 2 aromatic rings. The third-order valence-electron chi connectivity index (χ3n) is 3.45. The van der Waals surface area contributed by atoms with Gasteiger partial charge in [-0.3, -0.25) is 4.79 Å². The number of nitrogens with zero attached hydrogens (tertiary/aromatic N) is 1. The van der Waals surface area contributed by atoms with E-state index in [9.17, 15) is 4.79 Å². The Labute approximate surface area is 130 Å². The number of aryl methyl sites for hydroxylation is 1. The molecule has 3 nitrogen and oxygen atoms in total. The highest BCUT2D eigenvalue weighted by atomic mass is 35.5. The van der Waals surface area contributed by atoms with Gasteiger partial charge in [0.2, 0.25) is 0 Å². The van der Waals surface area contributed by atoms with Gasteiger partial charge in [0, 0.05) is 23.8 Å². The maximum absolute atomic E-state index is 12.7. The molecule has 0 spiro atoms. The van der Waals surface area contributed by atoms with Crippen LogP contribution in [0.2, 0.25) is 5.02 Å². The first-order valence-corrected chi connectivity index (χ1v) is 7.29. The average Bonchev–Trinajstić information content (AvgIpc) is 2.44. The van der Waals surface area contributed by atoms with E-state index in [1.54, 1.807) is 11.0 Å². The highest BCUT2D eigenvalue weighted by molar-refractivity contribution is 6.30. The summed E-state index contributed by atoms with van der Waals surface area (Å²) < 4.78 is 0. The van der Waals surface area contributed by atoms with Gasteiger partial charge in [-0.05, 0) is 43.2 Å². The van der Waals surface area contributed by atoms with Gasteiger partial charge in [-0.15, -0.1) is 0 Å². The number of hydrogen-bond donors (Lipinski definition) is 1. The number of rotatable bonds is 4. The number of halogens is 1. The van der Waals surface area contributed by atoms with E-state index >= 15 is 0 Å². The zero-order valence-electron chi connectivity index (χ0n) is 12.3. The lowest BCUT2D eigenvalue weighted by atomic mass is 10.0. The molecule has 0 atom stereocenters. The molecule has 2 rings (SSSR count). The van der Waals surface area contributed by atoms with Gasteiger partial charge in [0.05, 0.1) is 5.56 Å². The SMILES string of the molecule is CCN(Cc1cccc(Cl)c1)C(=O)c1c(C)cccc1N. The second-order valence-corrected chi connectivity index (χ2v) is 5.42. The Morgan fingerprint density at radius 1 is 1.24 bits per heavy atom. The van der Waals surface area contributed by atoms with Crippen molar-refractivity contribution in [3.05, 3.63) is 64.2 Å². The Kier molecular flexibility index (Phi) is 4.86. The van der Waals surface area contributed by atoms with Crippen LogP contribution in [0.5, 0.6) is 0 Å². The third kappa shape index (κ3) is 3.56. The summed E-state index contributed by atoms with van der Waals surface area (Å²) in [4.78, 5) is 14.5. The summed E-state index contributed by atoms with van der Waals surface area (Å²) in [5, 5.41) is 0.673. The highest BCUT2D eigenvalue weighted by Gasteiger charge is 2.19. The molecule has 0 unspecified atom stereocenters. The lowest BCUT2D eigenvalue weighted by Gasteiger charge is -2.23. The first kappa shape index (κ1) is 15.4. The minimum absolute atomic E-state index is 0.0481. The normalized spacial score (nSPS) is 10.4. The summed E-state index contributed by atoms with van der Waals surface area (Å²) in [6.45, 7) is 4.98. The number of amides is 1. The summed E-state index contributed by atoms with van der Waals surface area (Å²) in [6.07, 6.45) is 0. The van der Waals surface area contributed by atoms with Gasteiger partial charge in [0.25, 0.3) is 5.91 Å². The smallest absolute Gasteiger partial charge is 0.256 e. The van der Waals surface area contributed by atoms with Gasteiger partial charge in [-0.25, -0.2) is 0 Å². The quantitative estimate of drug-likeness (QED) is 0.871. The van der Waals surface area contributed by atoms with Crippen molar-refractivity contribution in [3.8, 4) is 0 Å². The second kappa shape index (κ2) is 6.64. The number of carbonyl (C=O) groups is 1. The molecule has 0 aromatic heterocycles. The van der Waals surface area contributed by atoms with Crippen molar-refractivity contribution in [1.82, 2.24) is 4.90 Å². The van der Waals surface area contributed by atoms with Gasteiger partial charge in [-0.1, -0.05) is 35.9 Å². The molecular formula is C17H19ClN2O. The molecule has 0 bridgehead atoms. The van der Waals surface area contributed by atoms with Crippen molar-refractivity contribution in [2.24, 2.45) is 0 Å². The molecule has 0 aliphatic heterocycles.